The van der Waals surface area contributed by atoms with Gasteiger partial charge >= 0.3 is 0 Å². The maximum Gasteiger partial charge on any atom is 0.223 e. The number of hydrogen-bond donors (Lipinski definition) is 1. The molecule has 0 saturated heterocycles. The quantitative estimate of drug-likeness (QED) is 0.421. The molecule has 22 heavy (non-hydrogen) atoms. The molecule has 1 N–H and O–H groups in total. The summed E-state index contributed by atoms with van der Waals surface area (Å²) < 4.78 is 18.0. The summed E-state index contributed by atoms with van der Waals surface area (Å²) in [6, 6.07) is 0. The molecule has 0 radical (unpaired) electrons. The van der Waals surface area contributed by atoms with Crippen LogP contribution in [0.5, 0.6) is 0 Å². The van der Waals surface area contributed by atoms with E-state index in [4.69, 9.17) is 14.2 Å². The number of hydrogen-bond acceptors (Lipinski definition) is 4. The highest BCUT2D eigenvalue weighted by atomic mass is 16.8. The number of ether oxygens (including phenoxy) is 3. The lowest BCUT2D eigenvalue weighted by Gasteiger charge is -2.46. The third-order valence-electron chi connectivity index (χ3n) is 3.38. The molecule has 0 bridgehead atoms. The van der Waals surface area contributed by atoms with E-state index in [-0.39, 0.29) is 18.3 Å². The van der Waals surface area contributed by atoms with Gasteiger partial charge in [-0.3, -0.25) is 0 Å². The van der Waals surface area contributed by atoms with Gasteiger partial charge in [-0.1, -0.05) is 26.2 Å². The minimum atomic E-state index is -1.50. The van der Waals surface area contributed by atoms with Crippen molar-refractivity contribution >= 4 is 0 Å². The second-order valence-electron chi connectivity index (χ2n) is 7.05. The summed E-state index contributed by atoms with van der Waals surface area (Å²) >= 11 is 0. The molecule has 4 nitrogen and oxygen atoms in total. The van der Waals surface area contributed by atoms with Gasteiger partial charge in [0, 0.05) is 6.42 Å². The van der Waals surface area contributed by atoms with E-state index in [2.05, 4.69) is 6.92 Å². The van der Waals surface area contributed by atoms with Crippen molar-refractivity contribution in [3.05, 3.63) is 0 Å². The third kappa shape index (κ3) is 7.40. The van der Waals surface area contributed by atoms with Crippen molar-refractivity contribution in [2.24, 2.45) is 0 Å². The maximum atomic E-state index is 11.0. The van der Waals surface area contributed by atoms with Crippen LogP contribution < -0.4 is 0 Å². The Hall–Kier alpha value is -0.160. The van der Waals surface area contributed by atoms with Gasteiger partial charge in [0.15, 0.2) is 0 Å². The van der Waals surface area contributed by atoms with Crippen molar-refractivity contribution in [2.75, 3.05) is 0 Å². The Bertz CT molecular complexity index is 275. The van der Waals surface area contributed by atoms with Gasteiger partial charge in [-0.05, 0) is 54.9 Å². The molecule has 1 unspecified atom stereocenters. The van der Waals surface area contributed by atoms with E-state index in [0.29, 0.717) is 6.42 Å². The largest absolute Gasteiger partial charge is 0.361 e. The van der Waals surface area contributed by atoms with Crippen LogP contribution >= 0.6 is 0 Å². The zero-order valence-corrected chi connectivity index (χ0v) is 15.9. The Morgan fingerprint density at radius 2 is 1.23 bits per heavy atom. The van der Waals surface area contributed by atoms with Crippen LogP contribution in [0.4, 0.5) is 0 Å². The Balaban J connectivity index is 5.33. The first-order valence-electron chi connectivity index (χ1n) is 8.82. The Morgan fingerprint density at radius 3 is 1.59 bits per heavy atom. The zero-order chi connectivity index (χ0) is 17.4. The van der Waals surface area contributed by atoms with Gasteiger partial charge in [-0.2, -0.15) is 0 Å². The smallest absolute Gasteiger partial charge is 0.223 e. The van der Waals surface area contributed by atoms with Crippen molar-refractivity contribution in [3.8, 4) is 0 Å². The molecule has 0 aliphatic carbocycles. The fourth-order valence-electron chi connectivity index (χ4n) is 2.69. The monoisotopic (exact) mass is 318 g/mol. The molecule has 0 rings (SSSR count). The lowest BCUT2D eigenvalue weighted by Crippen LogP contribution is -2.60. The van der Waals surface area contributed by atoms with Crippen LogP contribution in [0, 0.1) is 0 Å². The first kappa shape index (κ1) is 21.8. The molecule has 0 saturated carbocycles. The van der Waals surface area contributed by atoms with Gasteiger partial charge in [-0.25, -0.2) is 0 Å². The van der Waals surface area contributed by atoms with Crippen LogP contribution in [0.2, 0.25) is 0 Å². The second-order valence-corrected chi connectivity index (χ2v) is 7.05. The zero-order valence-electron chi connectivity index (χ0n) is 15.9. The standard InChI is InChI=1S/C18H38O4/c1-9-10-11-12-13-18(21-15(4)5,22-16(6)7)17(8,19)20-14(2)3/h14-16,19H,9-13H2,1-8H3. The van der Waals surface area contributed by atoms with Crippen LogP contribution in [0.25, 0.3) is 0 Å². The van der Waals surface area contributed by atoms with Gasteiger partial charge in [-0.15, -0.1) is 0 Å². The summed E-state index contributed by atoms with van der Waals surface area (Å²) in [7, 11) is 0. The van der Waals surface area contributed by atoms with Crippen molar-refractivity contribution in [3.63, 3.8) is 0 Å². The van der Waals surface area contributed by atoms with Gasteiger partial charge in [0.2, 0.25) is 11.6 Å². The molecule has 4 heteroatoms. The van der Waals surface area contributed by atoms with E-state index in [1.54, 1.807) is 6.92 Å². The average Bonchev–Trinajstić information content (AvgIpc) is 2.31. The molecule has 0 aromatic heterocycles. The summed E-state index contributed by atoms with van der Waals surface area (Å²) in [5.41, 5.74) is 0. The maximum absolute atomic E-state index is 11.0. The summed E-state index contributed by atoms with van der Waals surface area (Å²) in [4.78, 5) is 0. The topological polar surface area (TPSA) is 47.9 Å². The molecule has 0 amide bonds. The highest BCUT2D eigenvalue weighted by Crippen LogP contribution is 2.37. The molecular formula is C18H38O4. The third-order valence-corrected chi connectivity index (χ3v) is 3.38. The molecule has 0 spiro atoms. The van der Waals surface area contributed by atoms with E-state index in [1.807, 2.05) is 41.5 Å². The van der Waals surface area contributed by atoms with E-state index in [1.165, 1.54) is 12.8 Å². The molecule has 134 valence electrons. The number of aliphatic hydroxyl groups is 1. The van der Waals surface area contributed by atoms with Crippen molar-refractivity contribution in [1.82, 2.24) is 0 Å². The van der Waals surface area contributed by atoms with Crippen LogP contribution in [-0.2, 0) is 14.2 Å². The summed E-state index contributed by atoms with van der Waals surface area (Å²) in [5.74, 6) is -2.64. The summed E-state index contributed by atoms with van der Waals surface area (Å²) in [6.07, 6.45) is 4.75. The molecule has 0 fully saturated rings. The van der Waals surface area contributed by atoms with E-state index in [9.17, 15) is 5.11 Å². The van der Waals surface area contributed by atoms with E-state index >= 15 is 0 Å². The molecule has 0 aliphatic rings. The van der Waals surface area contributed by atoms with Crippen LogP contribution in [0.3, 0.4) is 0 Å². The number of rotatable bonds is 12. The Kier molecular flexibility index (Phi) is 9.79. The van der Waals surface area contributed by atoms with Crippen molar-refractivity contribution < 1.29 is 19.3 Å². The van der Waals surface area contributed by atoms with Crippen LogP contribution in [-0.4, -0.2) is 35.0 Å². The minimum Gasteiger partial charge on any atom is -0.361 e. The SMILES string of the molecule is CCCCCCC(OC(C)C)(OC(C)C)C(C)(O)OC(C)C. The predicted octanol–water partition coefficient (Wildman–Crippen LogP) is 4.64. The van der Waals surface area contributed by atoms with Gasteiger partial charge in [0.25, 0.3) is 0 Å². The van der Waals surface area contributed by atoms with Gasteiger partial charge < -0.3 is 19.3 Å². The normalized spacial score (nSPS) is 15.8. The summed E-state index contributed by atoms with van der Waals surface area (Å²) in [5, 5.41) is 11.0. The van der Waals surface area contributed by atoms with Gasteiger partial charge in [0.05, 0.1) is 18.3 Å². The molecule has 0 aliphatic heterocycles. The lowest BCUT2D eigenvalue weighted by atomic mass is 9.98. The number of unbranched alkanes of at least 4 members (excludes halogenated alkanes) is 3. The first-order chi connectivity index (χ1) is 10.1. The molecule has 1 atom stereocenters. The Morgan fingerprint density at radius 1 is 0.773 bits per heavy atom. The molecule has 0 aromatic carbocycles. The fourth-order valence-corrected chi connectivity index (χ4v) is 2.69. The highest BCUT2D eigenvalue weighted by molar-refractivity contribution is 4.86. The van der Waals surface area contributed by atoms with Crippen LogP contribution in [0.15, 0.2) is 0 Å². The van der Waals surface area contributed by atoms with E-state index in [0.717, 1.165) is 12.8 Å². The highest BCUT2D eigenvalue weighted by Gasteiger charge is 2.52. The first-order valence-corrected chi connectivity index (χ1v) is 8.82. The van der Waals surface area contributed by atoms with Crippen LogP contribution in [0.1, 0.15) is 87.5 Å². The molecular weight excluding hydrogens is 280 g/mol. The second kappa shape index (κ2) is 9.86. The fraction of sp³-hybridized carbons (Fsp3) is 1.00. The molecule has 0 aromatic rings. The van der Waals surface area contributed by atoms with E-state index < -0.39 is 11.6 Å². The molecule has 0 heterocycles. The minimum absolute atomic E-state index is 0.0628. The van der Waals surface area contributed by atoms with Crippen molar-refractivity contribution in [1.29, 1.82) is 0 Å². The van der Waals surface area contributed by atoms with Crippen molar-refractivity contribution in [2.45, 2.75) is 117 Å². The Labute approximate surface area is 137 Å². The lowest BCUT2D eigenvalue weighted by molar-refractivity contribution is -0.414. The average molecular weight is 318 g/mol. The summed E-state index contributed by atoms with van der Waals surface area (Å²) in [6.45, 7) is 15.5. The predicted molar refractivity (Wildman–Crippen MR) is 90.8 cm³/mol. The van der Waals surface area contributed by atoms with Gasteiger partial charge in [0.1, 0.15) is 0 Å².